The van der Waals surface area contributed by atoms with Crippen LogP contribution in [-0.4, -0.2) is 37.1 Å². The molecule has 2 aliphatic heterocycles. The highest BCUT2D eigenvalue weighted by Gasteiger charge is 2.61. The van der Waals surface area contributed by atoms with Gasteiger partial charge in [0.15, 0.2) is 17.6 Å². The Morgan fingerprint density at radius 3 is 2.22 bits per heavy atom. The number of methoxy groups -OCH3 is 2. The van der Waals surface area contributed by atoms with Gasteiger partial charge < -0.3 is 9.47 Å². The summed E-state index contributed by atoms with van der Waals surface area (Å²) < 4.78 is 24.5. The van der Waals surface area contributed by atoms with Gasteiger partial charge in [-0.05, 0) is 36.4 Å². The van der Waals surface area contributed by atoms with Crippen LogP contribution in [0.5, 0.6) is 11.5 Å². The van der Waals surface area contributed by atoms with Crippen LogP contribution in [0.2, 0.25) is 0 Å². The molecule has 2 amide bonds. The molecule has 0 radical (unpaired) electrons. The first-order valence-corrected chi connectivity index (χ1v) is 10.9. The molecule has 2 saturated heterocycles. The Labute approximate surface area is 204 Å². The average molecular weight is 493 g/mol. The SMILES string of the molecule is COc1cc([C@H]2[C@H]3C(=O)N(c4cccc(F)c4)C(=O)[C@H]3ON2c2ccccc2)c([N+](=O)[O-])cc1OC. The van der Waals surface area contributed by atoms with Crippen LogP contribution in [0.3, 0.4) is 0 Å². The highest BCUT2D eigenvalue weighted by Crippen LogP contribution is 2.51. The van der Waals surface area contributed by atoms with Gasteiger partial charge in [0.1, 0.15) is 17.8 Å². The molecule has 0 saturated carbocycles. The maximum atomic E-state index is 13.9. The van der Waals surface area contributed by atoms with Gasteiger partial charge in [-0.25, -0.2) is 14.4 Å². The minimum atomic E-state index is -1.28. The molecule has 0 N–H and O–H groups in total. The molecule has 0 bridgehead atoms. The lowest BCUT2D eigenvalue weighted by atomic mass is 9.89. The van der Waals surface area contributed by atoms with Crippen LogP contribution in [0.4, 0.5) is 21.5 Å². The van der Waals surface area contributed by atoms with Crippen molar-refractivity contribution >= 4 is 28.9 Å². The number of halogens is 1. The van der Waals surface area contributed by atoms with Crippen molar-refractivity contribution in [2.75, 3.05) is 24.2 Å². The van der Waals surface area contributed by atoms with Gasteiger partial charge in [-0.3, -0.25) is 24.5 Å². The number of carbonyl (C=O) groups excluding carboxylic acids is 2. The monoisotopic (exact) mass is 493 g/mol. The number of para-hydroxylation sites is 1. The molecule has 2 heterocycles. The zero-order chi connectivity index (χ0) is 25.6. The molecule has 3 aromatic carbocycles. The van der Waals surface area contributed by atoms with E-state index in [4.69, 9.17) is 14.3 Å². The van der Waals surface area contributed by atoms with Crippen molar-refractivity contribution in [1.29, 1.82) is 0 Å². The fraction of sp³-hybridized carbons (Fsp3) is 0.200. The number of nitrogens with zero attached hydrogens (tertiary/aromatic N) is 3. The third-order valence-corrected chi connectivity index (χ3v) is 6.24. The van der Waals surface area contributed by atoms with E-state index in [2.05, 4.69) is 0 Å². The van der Waals surface area contributed by atoms with Gasteiger partial charge in [-0.1, -0.05) is 24.3 Å². The zero-order valence-corrected chi connectivity index (χ0v) is 19.2. The number of hydrogen-bond donors (Lipinski definition) is 0. The summed E-state index contributed by atoms with van der Waals surface area (Å²) >= 11 is 0. The van der Waals surface area contributed by atoms with Crippen LogP contribution in [-0.2, 0) is 14.4 Å². The third kappa shape index (κ3) is 3.60. The van der Waals surface area contributed by atoms with E-state index in [1.807, 2.05) is 0 Å². The van der Waals surface area contributed by atoms with E-state index in [-0.39, 0.29) is 28.4 Å². The summed E-state index contributed by atoms with van der Waals surface area (Å²) in [5.74, 6) is -2.80. The van der Waals surface area contributed by atoms with E-state index in [1.165, 1.54) is 49.6 Å². The third-order valence-electron chi connectivity index (χ3n) is 6.24. The Balaban J connectivity index is 1.69. The topological polar surface area (TPSA) is 111 Å². The lowest BCUT2D eigenvalue weighted by Gasteiger charge is -2.29. The Hall–Kier alpha value is -4.51. The number of nitro groups is 1. The Bertz CT molecular complexity index is 1370. The molecule has 2 aliphatic rings. The van der Waals surface area contributed by atoms with Crippen molar-refractivity contribution in [3.63, 3.8) is 0 Å². The van der Waals surface area contributed by atoms with Gasteiger partial charge in [0.2, 0.25) is 5.91 Å². The largest absolute Gasteiger partial charge is 0.493 e. The number of hydrogen-bond acceptors (Lipinski definition) is 8. The van der Waals surface area contributed by atoms with Crippen LogP contribution in [0.1, 0.15) is 11.6 Å². The number of rotatable bonds is 6. The van der Waals surface area contributed by atoms with Crippen LogP contribution in [0.25, 0.3) is 0 Å². The molecule has 10 nitrogen and oxygen atoms in total. The normalized spacial score (nSPS) is 21.0. The highest BCUT2D eigenvalue weighted by atomic mass is 19.1. The maximum Gasteiger partial charge on any atom is 0.278 e. The van der Waals surface area contributed by atoms with E-state index >= 15 is 0 Å². The number of fused-ring (bicyclic) bond motifs is 1. The van der Waals surface area contributed by atoms with Gasteiger partial charge in [0.05, 0.1) is 42.1 Å². The molecule has 0 aliphatic carbocycles. The van der Waals surface area contributed by atoms with Crippen LogP contribution in [0.15, 0.2) is 66.7 Å². The molecule has 3 aromatic rings. The molecule has 0 spiro atoms. The minimum Gasteiger partial charge on any atom is -0.493 e. The number of benzene rings is 3. The van der Waals surface area contributed by atoms with Crippen molar-refractivity contribution in [3.05, 3.63) is 88.2 Å². The molecule has 184 valence electrons. The molecule has 5 rings (SSSR count). The van der Waals surface area contributed by atoms with Crippen molar-refractivity contribution in [3.8, 4) is 11.5 Å². The summed E-state index contributed by atoms with van der Waals surface area (Å²) in [5.41, 5.74) is 0.289. The molecule has 11 heteroatoms. The molecule has 36 heavy (non-hydrogen) atoms. The Morgan fingerprint density at radius 1 is 0.917 bits per heavy atom. The lowest BCUT2D eigenvalue weighted by molar-refractivity contribution is -0.385. The van der Waals surface area contributed by atoms with Gasteiger partial charge in [0.25, 0.3) is 11.6 Å². The standard InChI is InChI=1S/C25H20FN3O7/c1-34-19-12-17(18(29(32)33)13-20(19)35-2)22-21-23(36-28(22)15-8-4-3-5-9-15)25(31)27(24(21)30)16-10-6-7-14(26)11-16/h3-13,21-23H,1-2H3/t21-,22+,23+/m1/s1. The number of anilines is 2. The molecular formula is C25H20FN3O7. The fourth-order valence-corrected chi connectivity index (χ4v) is 4.68. The quantitative estimate of drug-likeness (QED) is 0.290. The van der Waals surface area contributed by atoms with Gasteiger partial charge in [-0.2, -0.15) is 0 Å². The first kappa shape index (κ1) is 23.2. The number of nitro benzene ring substituents is 1. The van der Waals surface area contributed by atoms with E-state index in [0.29, 0.717) is 5.69 Å². The van der Waals surface area contributed by atoms with Gasteiger partial charge in [0, 0.05) is 0 Å². The molecule has 0 aromatic heterocycles. The minimum absolute atomic E-state index is 0.0508. The van der Waals surface area contributed by atoms with E-state index in [1.54, 1.807) is 30.3 Å². The van der Waals surface area contributed by atoms with Crippen molar-refractivity contribution in [2.24, 2.45) is 5.92 Å². The molecule has 3 atom stereocenters. The summed E-state index contributed by atoms with van der Waals surface area (Å²) in [5, 5.41) is 13.4. The summed E-state index contributed by atoms with van der Waals surface area (Å²) in [6, 6.07) is 15.2. The number of amides is 2. The molecule has 2 fully saturated rings. The predicted octanol–water partition coefficient (Wildman–Crippen LogP) is 3.80. The zero-order valence-electron chi connectivity index (χ0n) is 19.2. The second-order valence-corrected chi connectivity index (χ2v) is 8.17. The smallest absolute Gasteiger partial charge is 0.278 e. The van der Waals surface area contributed by atoms with Crippen molar-refractivity contribution in [2.45, 2.75) is 12.1 Å². The second-order valence-electron chi connectivity index (χ2n) is 8.17. The Morgan fingerprint density at radius 2 is 1.58 bits per heavy atom. The molecular weight excluding hydrogens is 473 g/mol. The number of carbonyl (C=O) groups is 2. The van der Waals surface area contributed by atoms with E-state index in [0.717, 1.165) is 11.0 Å². The predicted molar refractivity (Wildman–Crippen MR) is 125 cm³/mol. The first-order valence-electron chi connectivity index (χ1n) is 10.9. The van der Waals surface area contributed by atoms with Crippen LogP contribution < -0.4 is 19.4 Å². The lowest BCUT2D eigenvalue weighted by Crippen LogP contribution is -2.37. The summed E-state index contributed by atoms with van der Waals surface area (Å²) in [7, 11) is 2.73. The van der Waals surface area contributed by atoms with E-state index < -0.39 is 40.6 Å². The van der Waals surface area contributed by atoms with Gasteiger partial charge >= 0.3 is 0 Å². The highest BCUT2D eigenvalue weighted by molar-refractivity contribution is 6.24. The van der Waals surface area contributed by atoms with Gasteiger partial charge in [-0.15, -0.1) is 0 Å². The van der Waals surface area contributed by atoms with E-state index in [9.17, 15) is 24.1 Å². The number of hydroxylamine groups is 1. The summed E-state index contributed by atoms with van der Waals surface area (Å²) in [6.07, 6.45) is -1.28. The summed E-state index contributed by atoms with van der Waals surface area (Å²) in [6.45, 7) is 0. The average Bonchev–Trinajstić information content (AvgIpc) is 3.39. The first-order chi connectivity index (χ1) is 17.3. The summed E-state index contributed by atoms with van der Waals surface area (Å²) in [4.78, 5) is 45.4. The maximum absolute atomic E-state index is 13.9. The fourth-order valence-electron chi connectivity index (χ4n) is 4.68. The number of imide groups is 1. The Kier molecular flexibility index (Phi) is 5.77. The van der Waals surface area contributed by atoms with Crippen molar-refractivity contribution < 1.29 is 33.2 Å². The van der Waals surface area contributed by atoms with Crippen LogP contribution >= 0.6 is 0 Å². The van der Waals surface area contributed by atoms with Crippen molar-refractivity contribution in [1.82, 2.24) is 0 Å². The van der Waals surface area contributed by atoms with Crippen LogP contribution in [0, 0.1) is 21.8 Å². The second kappa shape index (κ2) is 8.93. The number of ether oxygens (including phenoxy) is 2. The molecule has 0 unspecified atom stereocenters.